The zero-order valence-corrected chi connectivity index (χ0v) is 14.7. The lowest BCUT2D eigenvalue weighted by Gasteiger charge is -2.06. The molecule has 0 spiro atoms. The van der Waals surface area contributed by atoms with Crippen LogP contribution in [0, 0.1) is 0 Å². The van der Waals surface area contributed by atoms with Gasteiger partial charge in [-0.3, -0.25) is 4.79 Å². The van der Waals surface area contributed by atoms with E-state index in [9.17, 15) is 4.79 Å². The van der Waals surface area contributed by atoms with E-state index in [1.54, 1.807) is 0 Å². The number of carbonyl (C=O) groups excluding carboxylic acids is 1. The van der Waals surface area contributed by atoms with Crippen molar-refractivity contribution in [3.63, 3.8) is 0 Å². The highest BCUT2D eigenvalue weighted by atomic mass is 16.6. The molecule has 0 aliphatic carbocycles. The Bertz CT molecular complexity index is 231. The number of carbonyl (C=O) groups is 1. The predicted molar refractivity (Wildman–Crippen MR) is 90.1 cm³/mol. The number of esters is 1. The molecule has 0 rings (SSSR count). The molecule has 0 aliphatic heterocycles. The maximum atomic E-state index is 10.5. The SMILES string of the molecule is CCCCCCCCCCCCOCCOCCOC(C)=O. The summed E-state index contributed by atoms with van der Waals surface area (Å²) in [5, 5.41) is 0. The highest BCUT2D eigenvalue weighted by Gasteiger charge is 1.95. The van der Waals surface area contributed by atoms with Gasteiger partial charge in [0.2, 0.25) is 0 Å². The minimum absolute atomic E-state index is 0.263. The lowest BCUT2D eigenvalue weighted by molar-refractivity contribution is -0.142. The van der Waals surface area contributed by atoms with Gasteiger partial charge in [0, 0.05) is 13.5 Å². The van der Waals surface area contributed by atoms with Crippen molar-refractivity contribution in [3.05, 3.63) is 0 Å². The highest BCUT2D eigenvalue weighted by Crippen LogP contribution is 2.10. The van der Waals surface area contributed by atoms with Crippen LogP contribution in [-0.4, -0.2) is 39.0 Å². The van der Waals surface area contributed by atoms with Crippen molar-refractivity contribution in [3.8, 4) is 0 Å². The number of hydrogen-bond donors (Lipinski definition) is 0. The molecule has 0 bridgehead atoms. The van der Waals surface area contributed by atoms with Crippen LogP contribution >= 0.6 is 0 Å². The predicted octanol–water partition coefficient (Wildman–Crippen LogP) is 4.50. The van der Waals surface area contributed by atoms with Crippen LogP contribution in [0.2, 0.25) is 0 Å². The molecule has 0 amide bonds. The number of hydrogen-bond acceptors (Lipinski definition) is 4. The van der Waals surface area contributed by atoms with Gasteiger partial charge in [0.15, 0.2) is 0 Å². The fourth-order valence-electron chi connectivity index (χ4n) is 2.26. The molecule has 0 radical (unpaired) electrons. The topological polar surface area (TPSA) is 44.8 Å². The lowest BCUT2D eigenvalue weighted by Crippen LogP contribution is -2.11. The van der Waals surface area contributed by atoms with E-state index < -0.39 is 0 Å². The van der Waals surface area contributed by atoms with Gasteiger partial charge in [-0.2, -0.15) is 0 Å². The molecule has 0 aromatic rings. The Morgan fingerprint density at radius 1 is 0.636 bits per heavy atom. The largest absolute Gasteiger partial charge is 0.463 e. The van der Waals surface area contributed by atoms with Crippen molar-refractivity contribution in [1.29, 1.82) is 0 Å². The summed E-state index contributed by atoms with van der Waals surface area (Å²) in [6.07, 6.45) is 13.4. The highest BCUT2D eigenvalue weighted by molar-refractivity contribution is 5.65. The van der Waals surface area contributed by atoms with Gasteiger partial charge >= 0.3 is 5.97 Å². The molecule has 0 aromatic carbocycles. The van der Waals surface area contributed by atoms with E-state index in [4.69, 9.17) is 14.2 Å². The van der Waals surface area contributed by atoms with Crippen molar-refractivity contribution in [1.82, 2.24) is 0 Å². The minimum atomic E-state index is -0.263. The van der Waals surface area contributed by atoms with Gasteiger partial charge < -0.3 is 14.2 Å². The summed E-state index contributed by atoms with van der Waals surface area (Å²) in [6, 6.07) is 0. The summed E-state index contributed by atoms with van der Waals surface area (Å²) in [6.45, 7) is 6.45. The van der Waals surface area contributed by atoms with Gasteiger partial charge in [-0.1, -0.05) is 64.7 Å². The number of unbranched alkanes of at least 4 members (excludes halogenated alkanes) is 9. The molecule has 0 aromatic heterocycles. The maximum absolute atomic E-state index is 10.5. The zero-order chi connectivity index (χ0) is 16.3. The molecule has 0 saturated heterocycles. The normalized spacial score (nSPS) is 10.8. The Morgan fingerprint density at radius 2 is 1.09 bits per heavy atom. The van der Waals surface area contributed by atoms with Crippen LogP contribution in [0.3, 0.4) is 0 Å². The molecule has 0 aliphatic rings. The number of rotatable bonds is 17. The second-order valence-electron chi connectivity index (χ2n) is 5.75. The van der Waals surface area contributed by atoms with E-state index in [1.165, 1.54) is 64.7 Å². The summed E-state index contributed by atoms with van der Waals surface area (Å²) in [5.74, 6) is -0.263. The molecular formula is C18H36O4. The Labute approximate surface area is 136 Å². The van der Waals surface area contributed by atoms with E-state index in [-0.39, 0.29) is 5.97 Å². The van der Waals surface area contributed by atoms with E-state index in [2.05, 4.69) is 6.92 Å². The third kappa shape index (κ3) is 19.4. The third-order valence-electron chi connectivity index (χ3n) is 3.55. The first kappa shape index (κ1) is 21.4. The Kier molecular flexibility index (Phi) is 17.9. The van der Waals surface area contributed by atoms with Crippen LogP contribution < -0.4 is 0 Å². The first-order valence-corrected chi connectivity index (χ1v) is 9.06. The molecule has 0 saturated carbocycles. The second kappa shape index (κ2) is 18.4. The Balaban J connectivity index is 2.95. The quantitative estimate of drug-likeness (QED) is 0.293. The summed E-state index contributed by atoms with van der Waals surface area (Å²) >= 11 is 0. The molecular weight excluding hydrogens is 280 g/mol. The monoisotopic (exact) mass is 316 g/mol. The zero-order valence-electron chi connectivity index (χ0n) is 14.7. The standard InChI is InChI=1S/C18H36O4/c1-3-4-5-6-7-8-9-10-11-12-13-20-14-15-21-16-17-22-18(2)19/h3-17H2,1-2H3. The second-order valence-corrected chi connectivity index (χ2v) is 5.75. The van der Waals surface area contributed by atoms with Crippen LogP contribution in [0.1, 0.15) is 78.1 Å². The molecule has 22 heavy (non-hydrogen) atoms. The molecule has 0 atom stereocenters. The van der Waals surface area contributed by atoms with Crippen molar-refractivity contribution >= 4 is 5.97 Å². The summed E-state index contributed by atoms with van der Waals surface area (Å²) < 4.78 is 15.5. The van der Waals surface area contributed by atoms with E-state index in [1.807, 2.05) is 0 Å². The molecule has 4 nitrogen and oxygen atoms in total. The summed E-state index contributed by atoms with van der Waals surface area (Å²) in [4.78, 5) is 10.5. The molecule has 0 unspecified atom stereocenters. The molecule has 0 fully saturated rings. The van der Waals surface area contributed by atoms with Crippen LogP contribution in [0.25, 0.3) is 0 Å². The van der Waals surface area contributed by atoms with Crippen molar-refractivity contribution in [2.45, 2.75) is 78.1 Å². The van der Waals surface area contributed by atoms with Crippen LogP contribution in [0.5, 0.6) is 0 Å². The van der Waals surface area contributed by atoms with Crippen LogP contribution in [-0.2, 0) is 19.0 Å². The van der Waals surface area contributed by atoms with Gasteiger partial charge in [0.1, 0.15) is 6.61 Å². The average Bonchev–Trinajstić information content (AvgIpc) is 2.50. The van der Waals surface area contributed by atoms with Crippen LogP contribution in [0.15, 0.2) is 0 Å². The summed E-state index contributed by atoms with van der Waals surface area (Å²) in [5.41, 5.74) is 0. The summed E-state index contributed by atoms with van der Waals surface area (Å²) in [7, 11) is 0. The Hall–Kier alpha value is -0.610. The van der Waals surface area contributed by atoms with Crippen LogP contribution in [0.4, 0.5) is 0 Å². The van der Waals surface area contributed by atoms with E-state index in [0.717, 1.165) is 13.0 Å². The molecule has 4 heteroatoms. The fourth-order valence-corrected chi connectivity index (χ4v) is 2.26. The fraction of sp³-hybridized carbons (Fsp3) is 0.944. The van der Waals surface area contributed by atoms with Crippen molar-refractivity contribution < 1.29 is 19.0 Å². The molecule has 0 heterocycles. The van der Waals surface area contributed by atoms with Gasteiger partial charge in [0.25, 0.3) is 0 Å². The average molecular weight is 316 g/mol. The van der Waals surface area contributed by atoms with E-state index in [0.29, 0.717) is 26.4 Å². The minimum Gasteiger partial charge on any atom is -0.463 e. The first-order chi connectivity index (χ1) is 10.8. The van der Waals surface area contributed by atoms with Gasteiger partial charge in [0.05, 0.1) is 19.8 Å². The van der Waals surface area contributed by atoms with Crippen molar-refractivity contribution in [2.75, 3.05) is 33.0 Å². The maximum Gasteiger partial charge on any atom is 0.302 e. The third-order valence-corrected chi connectivity index (χ3v) is 3.55. The van der Waals surface area contributed by atoms with Crippen molar-refractivity contribution in [2.24, 2.45) is 0 Å². The lowest BCUT2D eigenvalue weighted by atomic mass is 10.1. The molecule has 0 N–H and O–H groups in total. The first-order valence-electron chi connectivity index (χ1n) is 9.06. The van der Waals surface area contributed by atoms with E-state index >= 15 is 0 Å². The number of ether oxygens (including phenoxy) is 3. The smallest absolute Gasteiger partial charge is 0.302 e. The molecule has 132 valence electrons. The van der Waals surface area contributed by atoms with Gasteiger partial charge in [-0.05, 0) is 6.42 Å². The Morgan fingerprint density at radius 3 is 1.64 bits per heavy atom. The van der Waals surface area contributed by atoms with Gasteiger partial charge in [-0.25, -0.2) is 0 Å². The van der Waals surface area contributed by atoms with Gasteiger partial charge in [-0.15, -0.1) is 0 Å².